The molecule has 1 aromatic carbocycles. The highest BCUT2D eigenvalue weighted by Crippen LogP contribution is 2.23. The molecule has 4 rings (SSSR count). The highest BCUT2D eigenvalue weighted by atomic mass is 16.5. The molecule has 6 nitrogen and oxygen atoms in total. The molecule has 0 N–H and O–H groups in total. The maximum Gasteiger partial charge on any atom is 0.242 e. The first-order valence-corrected chi connectivity index (χ1v) is 8.95. The third-order valence-electron chi connectivity index (χ3n) is 4.65. The monoisotopic (exact) mass is 360 g/mol. The van der Waals surface area contributed by atoms with Crippen LogP contribution in [0.25, 0.3) is 10.9 Å². The fourth-order valence-electron chi connectivity index (χ4n) is 3.24. The van der Waals surface area contributed by atoms with Gasteiger partial charge in [-0.1, -0.05) is 6.07 Å². The van der Waals surface area contributed by atoms with Crippen LogP contribution in [0.4, 0.5) is 0 Å². The second-order valence-electron chi connectivity index (χ2n) is 6.41. The molecular formula is C21H20N4O2. The number of hydrazone groups is 1. The number of amides is 1. The average molecular weight is 360 g/mol. The molecule has 136 valence electrons. The molecule has 1 aliphatic heterocycles. The van der Waals surface area contributed by atoms with Gasteiger partial charge < -0.3 is 4.74 Å². The van der Waals surface area contributed by atoms with Crippen molar-refractivity contribution < 1.29 is 9.53 Å². The van der Waals surface area contributed by atoms with Crippen LogP contribution in [0.1, 0.15) is 24.1 Å². The fourth-order valence-corrected chi connectivity index (χ4v) is 3.24. The summed E-state index contributed by atoms with van der Waals surface area (Å²) in [6.07, 6.45) is 5.49. The molecule has 3 aromatic rings. The van der Waals surface area contributed by atoms with Crippen molar-refractivity contribution in [1.29, 1.82) is 0 Å². The number of ether oxygens (including phenoxy) is 1. The lowest BCUT2D eigenvalue weighted by Crippen LogP contribution is -2.22. The van der Waals surface area contributed by atoms with Gasteiger partial charge >= 0.3 is 0 Å². The summed E-state index contributed by atoms with van der Waals surface area (Å²) in [6, 6.07) is 13.6. The van der Waals surface area contributed by atoms with Gasteiger partial charge in [0.25, 0.3) is 0 Å². The lowest BCUT2D eigenvalue weighted by atomic mass is 10.0. The van der Waals surface area contributed by atoms with E-state index in [1.165, 1.54) is 0 Å². The van der Waals surface area contributed by atoms with E-state index in [0.29, 0.717) is 19.4 Å². The molecule has 0 saturated carbocycles. The minimum absolute atomic E-state index is 0.0627. The van der Waals surface area contributed by atoms with Gasteiger partial charge in [-0.15, -0.1) is 0 Å². The van der Waals surface area contributed by atoms with Crippen molar-refractivity contribution in [2.45, 2.75) is 19.3 Å². The topological polar surface area (TPSA) is 67.7 Å². The van der Waals surface area contributed by atoms with E-state index in [1.807, 2.05) is 42.5 Å². The largest absolute Gasteiger partial charge is 0.497 e. The Morgan fingerprint density at radius 1 is 1.19 bits per heavy atom. The van der Waals surface area contributed by atoms with Crippen molar-refractivity contribution in [1.82, 2.24) is 15.0 Å². The number of pyridine rings is 2. The smallest absolute Gasteiger partial charge is 0.242 e. The molecule has 0 spiro atoms. The molecular weight excluding hydrogens is 340 g/mol. The lowest BCUT2D eigenvalue weighted by molar-refractivity contribution is -0.127. The SMILES string of the molecule is COc1ccc2c(C/C(=N/N3CCCC3=O)c3ccccn3)ccnc2c1. The summed E-state index contributed by atoms with van der Waals surface area (Å²) < 4.78 is 5.30. The molecule has 3 heterocycles. The van der Waals surface area contributed by atoms with Gasteiger partial charge in [-0.05, 0) is 42.3 Å². The molecule has 0 atom stereocenters. The number of benzene rings is 1. The Balaban J connectivity index is 1.75. The molecule has 0 bridgehead atoms. The number of methoxy groups -OCH3 is 1. The van der Waals surface area contributed by atoms with Crippen molar-refractivity contribution in [2.24, 2.45) is 5.10 Å². The van der Waals surface area contributed by atoms with Crippen LogP contribution in [0.2, 0.25) is 0 Å². The number of carbonyl (C=O) groups excluding carboxylic acids is 1. The Morgan fingerprint density at radius 3 is 2.85 bits per heavy atom. The van der Waals surface area contributed by atoms with E-state index < -0.39 is 0 Å². The maximum absolute atomic E-state index is 12.1. The number of hydrogen-bond donors (Lipinski definition) is 0. The molecule has 1 saturated heterocycles. The maximum atomic E-state index is 12.1. The van der Waals surface area contributed by atoms with Crippen LogP contribution >= 0.6 is 0 Å². The summed E-state index contributed by atoms with van der Waals surface area (Å²) in [5.74, 6) is 0.834. The second-order valence-corrected chi connectivity index (χ2v) is 6.41. The molecule has 1 fully saturated rings. The van der Waals surface area contributed by atoms with E-state index in [1.54, 1.807) is 24.5 Å². The summed E-state index contributed by atoms with van der Waals surface area (Å²) in [7, 11) is 1.64. The average Bonchev–Trinajstić information content (AvgIpc) is 3.12. The Hall–Kier alpha value is -3.28. The zero-order valence-corrected chi connectivity index (χ0v) is 15.1. The molecule has 6 heteroatoms. The van der Waals surface area contributed by atoms with Crippen LogP contribution in [-0.2, 0) is 11.2 Å². The summed E-state index contributed by atoms with van der Waals surface area (Å²) in [6.45, 7) is 0.656. The van der Waals surface area contributed by atoms with Gasteiger partial charge in [0.05, 0.1) is 24.0 Å². The van der Waals surface area contributed by atoms with E-state index in [0.717, 1.165) is 40.0 Å². The number of hydrogen-bond acceptors (Lipinski definition) is 5. The van der Waals surface area contributed by atoms with Crippen LogP contribution in [0.3, 0.4) is 0 Å². The zero-order valence-electron chi connectivity index (χ0n) is 15.1. The van der Waals surface area contributed by atoms with Gasteiger partial charge in [0, 0.05) is 43.2 Å². The zero-order chi connectivity index (χ0) is 18.6. The third kappa shape index (κ3) is 3.65. The molecule has 27 heavy (non-hydrogen) atoms. The van der Waals surface area contributed by atoms with E-state index in [9.17, 15) is 4.79 Å². The minimum atomic E-state index is 0.0627. The molecule has 2 aromatic heterocycles. The highest BCUT2D eigenvalue weighted by molar-refractivity contribution is 6.02. The predicted octanol–water partition coefficient (Wildman–Crippen LogP) is 3.21. The quantitative estimate of drug-likeness (QED) is 0.655. The van der Waals surface area contributed by atoms with E-state index in [-0.39, 0.29) is 5.91 Å². The summed E-state index contributed by atoms with van der Waals surface area (Å²) in [5, 5.41) is 7.26. The predicted molar refractivity (Wildman–Crippen MR) is 104 cm³/mol. The van der Waals surface area contributed by atoms with Crippen molar-refractivity contribution >= 4 is 22.5 Å². The van der Waals surface area contributed by atoms with E-state index in [4.69, 9.17) is 4.74 Å². The van der Waals surface area contributed by atoms with Crippen LogP contribution in [-0.4, -0.2) is 40.3 Å². The first kappa shape index (κ1) is 17.1. The van der Waals surface area contributed by atoms with Gasteiger partial charge in [-0.3, -0.25) is 14.8 Å². The molecule has 0 unspecified atom stereocenters. The molecule has 0 aliphatic carbocycles. The second kappa shape index (κ2) is 7.53. The van der Waals surface area contributed by atoms with Gasteiger partial charge in [-0.25, -0.2) is 5.01 Å². The van der Waals surface area contributed by atoms with Crippen LogP contribution < -0.4 is 4.74 Å². The van der Waals surface area contributed by atoms with Crippen LogP contribution in [0.5, 0.6) is 5.75 Å². The third-order valence-corrected chi connectivity index (χ3v) is 4.65. The number of nitrogens with zero attached hydrogens (tertiary/aromatic N) is 4. The van der Waals surface area contributed by atoms with Gasteiger partial charge in [-0.2, -0.15) is 5.10 Å². The van der Waals surface area contributed by atoms with Crippen molar-refractivity contribution in [3.63, 3.8) is 0 Å². The Bertz CT molecular complexity index is 1000. The number of rotatable bonds is 5. The van der Waals surface area contributed by atoms with E-state index in [2.05, 4.69) is 15.1 Å². The lowest BCUT2D eigenvalue weighted by Gasteiger charge is -2.14. The normalized spacial score (nSPS) is 14.8. The first-order chi connectivity index (χ1) is 13.2. The summed E-state index contributed by atoms with van der Waals surface area (Å²) in [5.41, 5.74) is 3.49. The van der Waals surface area contributed by atoms with Crippen LogP contribution in [0.15, 0.2) is 60.0 Å². The Morgan fingerprint density at radius 2 is 2.11 bits per heavy atom. The van der Waals surface area contributed by atoms with Crippen molar-refractivity contribution in [2.75, 3.05) is 13.7 Å². The number of fused-ring (bicyclic) bond motifs is 1. The van der Waals surface area contributed by atoms with Crippen LogP contribution in [0, 0.1) is 0 Å². The standard InChI is InChI=1S/C21H20N4O2/c1-27-16-7-8-17-15(9-11-23-19(17)14-16)13-20(18-5-2-3-10-22-18)24-25-12-4-6-21(25)26/h2-3,5,7-11,14H,4,6,12-13H2,1H3/b24-20-. The number of aromatic nitrogens is 2. The van der Waals surface area contributed by atoms with Crippen molar-refractivity contribution in [3.05, 3.63) is 66.1 Å². The van der Waals surface area contributed by atoms with Gasteiger partial charge in [0.1, 0.15) is 5.75 Å². The van der Waals surface area contributed by atoms with Gasteiger partial charge in [0.2, 0.25) is 5.91 Å². The summed E-state index contributed by atoms with van der Waals surface area (Å²) >= 11 is 0. The molecule has 1 amide bonds. The fraction of sp³-hybridized carbons (Fsp3) is 0.238. The highest BCUT2D eigenvalue weighted by Gasteiger charge is 2.21. The Kier molecular flexibility index (Phi) is 4.78. The minimum Gasteiger partial charge on any atom is -0.497 e. The van der Waals surface area contributed by atoms with Gasteiger partial charge in [0.15, 0.2) is 0 Å². The van der Waals surface area contributed by atoms with E-state index >= 15 is 0 Å². The summed E-state index contributed by atoms with van der Waals surface area (Å²) in [4.78, 5) is 20.9. The first-order valence-electron chi connectivity index (χ1n) is 8.95. The Labute approximate surface area is 157 Å². The van der Waals surface area contributed by atoms with Crippen molar-refractivity contribution in [3.8, 4) is 5.75 Å². The molecule has 1 aliphatic rings. The molecule has 0 radical (unpaired) electrons. The number of carbonyl (C=O) groups is 1.